The van der Waals surface area contributed by atoms with Gasteiger partial charge in [0, 0.05) is 6.42 Å². The lowest BCUT2D eigenvalue weighted by Crippen LogP contribution is -2.19. The standard InChI is InChI=1S/C12H12O5/c13-10-2-1-7-16-11(14)8-3-5-9(6-4-8)12(15)17-10/h3-6,10,13H,1-2,7H2. The van der Waals surface area contributed by atoms with Gasteiger partial charge >= 0.3 is 11.9 Å². The van der Waals surface area contributed by atoms with Gasteiger partial charge < -0.3 is 14.6 Å². The number of rotatable bonds is 0. The van der Waals surface area contributed by atoms with Crippen LogP contribution in [-0.2, 0) is 9.47 Å². The number of hydrogen-bond acceptors (Lipinski definition) is 5. The third-order valence-corrected chi connectivity index (χ3v) is 2.43. The van der Waals surface area contributed by atoms with Crippen LogP contribution >= 0.6 is 0 Å². The molecule has 5 nitrogen and oxygen atoms in total. The number of carbonyl (C=O) groups is 2. The second-order valence-electron chi connectivity index (χ2n) is 3.72. The average Bonchev–Trinajstić information content (AvgIpc) is 2.33. The van der Waals surface area contributed by atoms with Gasteiger partial charge in [-0.2, -0.15) is 0 Å². The van der Waals surface area contributed by atoms with Crippen molar-refractivity contribution in [3.63, 3.8) is 0 Å². The Morgan fingerprint density at radius 1 is 1.06 bits per heavy atom. The van der Waals surface area contributed by atoms with Gasteiger partial charge in [-0.25, -0.2) is 9.59 Å². The Hall–Kier alpha value is -1.88. The molecule has 0 amide bonds. The SMILES string of the molecule is O=C1OCCCC(O)OC(=O)c2ccc1cc2. The summed E-state index contributed by atoms with van der Waals surface area (Å²) in [6.45, 7) is 0.190. The second kappa shape index (κ2) is 4.97. The summed E-state index contributed by atoms with van der Waals surface area (Å²) in [4.78, 5) is 23.0. The molecule has 1 unspecified atom stereocenters. The Bertz CT molecular complexity index is 423. The van der Waals surface area contributed by atoms with Crippen LogP contribution in [0.4, 0.5) is 0 Å². The number of ether oxygens (including phenoxy) is 2. The fourth-order valence-electron chi connectivity index (χ4n) is 1.50. The van der Waals surface area contributed by atoms with Crippen LogP contribution in [0.5, 0.6) is 0 Å². The van der Waals surface area contributed by atoms with Crippen LogP contribution in [0, 0.1) is 0 Å². The van der Waals surface area contributed by atoms with Crippen LogP contribution in [0.15, 0.2) is 24.3 Å². The van der Waals surface area contributed by atoms with E-state index >= 15 is 0 Å². The van der Waals surface area contributed by atoms with Crippen molar-refractivity contribution in [3.05, 3.63) is 35.4 Å². The molecule has 17 heavy (non-hydrogen) atoms. The van der Waals surface area contributed by atoms with Gasteiger partial charge in [0.1, 0.15) is 0 Å². The highest BCUT2D eigenvalue weighted by atomic mass is 16.6. The maximum absolute atomic E-state index is 11.5. The average molecular weight is 236 g/mol. The van der Waals surface area contributed by atoms with Crippen LogP contribution in [0.25, 0.3) is 0 Å². The zero-order valence-corrected chi connectivity index (χ0v) is 9.09. The number of hydrogen-bond donors (Lipinski definition) is 1. The fraction of sp³-hybridized carbons (Fsp3) is 0.333. The fourth-order valence-corrected chi connectivity index (χ4v) is 1.50. The minimum atomic E-state index is -1.17. The molecule has 0 saturated heterocycles. The third kappa shape index (κ3) is 2.82. The molecule has 2 aliphatic rings. The van der Waals surface area contributed by atoms with Gasteiger partial charge in [0.05, 0.1) is 17.7 Å². The van der Waals surface area contributed by atoms with Crippen molar-refractivity contribution >= 4 is 11.9 Å². The zero-order valence-electron chi connectivity index (χ0n) is 9.09. The van der Waals surface area contributed by atoms with Crippen molar-refractivity contribution in [1.29, 1.82) is 0 Å². The molecule has 0 fully saturated rings. The molecule has 3 rings (SSSR count). The molecule has 1 N–H and O–H groups in total. The second-order valence-corrected chi connectivity index (χ2v) is 3.72. The molecule has 0 radical (unpaired) electrons. The van der Waals surface area contributed by atoms with E-state index in [-0.39, 0.29) is 13.0 Å². The van der Waals surface area contributed by atoms with Crippen LogP contribution in [0.1, 0.15) is 33.6 Å². The number of esters is 2. The maximum Gasteiger partial charge on any atom is 0.340 e. The summed E-state index contributed by atoms with van der Waals surface area (Å²) in [5.41, 5.74) is 0.684. The van der Waals surface area contributed by atoms with Crippen molar-refractivity contribution in [2.75, 3.05) is 6.61 Å². The Morgan fingerprint density at radius 3 is 2.29 bits per heavy atom. The Balaban J connectivity index is 2.26. The highest BCUT2D eigenvalue weighted by Gasteiger charge is 2.16. The minimum Gasteiger partial charge on any atom is -0.462 e. The summed E-state index contributed by atoms with van der Waals surface area (Å²) in [6.07, 6.45) is -0.481. The largest absolute Gasteiger partial charge is 0.462 e. The monoisotopic (exact) mass is 236 g/mol. The van der Waals surface area contributed by atoms with Crippen LogP contribution in [0.2, 0.25) is 0 Å². The van der Waals surface area contributed by atoms with Crippen molar-refractivity contribution in [3.8, 4) is 0 Å². The molecule has 1 aromatic rings. The van der Waals surface area contributed by atoms with Crippen molar-refractivity contribution in [2.24, 2.45) is 0 Å². The highest BCUT2D eigenvalue weighted by molar-refractivity contribution is 5.93. The van der Waals surface area contributed by atoms with Crippen LogP contribution in [0.3, 0.4) is 0 Å². The summed E-state index contributed by atoms with van der Waals surface area (Å²) < 4.78 is 9.78. The predicted octanol–water partition coefficient (Wildman–Crippen LogP) is 1.11. The van der Waals surface area contributed by atoms with Crippen molar-refractivity contribution in [1.82, 2.24) is 0 Å². The summed E-state index contributed by atoms with van der Waals surface area (Å²) >= 11 is 0. The third-order valence-electron chi connectivity index (χ3n) is 2.43. The molecule has 0 aromatic heterocycles. The van der Waals surface area contributed by atoms with Crippen molar-refractivity contribution in [2.45, 2.75) is 19.1 Å². The summed E-state index contributed by atoms with van der Waals surface area (Å²) in [5.74, 6) is -1.03. The Kier molecular flexibility index (Phi) is 3.39. The van der Waals surface area contributed by atoms with E-state index in [1.807, 2.05) is 0 Å². The molecule has 1 atom stereocenters. The summed E-state index contributed by atoms with van der Waals surface area (Å²) in [6, 6.07) is 5.92. The first-order valence-electron chi connectivity index (χ1n) is 5.33. The number of fused-ring (bicyclic) bond motifs is 9. The lowest BCUT2D eigenvalue weighted by molar-refractivity contribution is -0.0712. The number of aliphatic hydroxyl groups excluding tert-OH is 1. The van der Waals surface area contributed by atoms with E-state index in [0.717, 1.165) is 0 Å². The number of aliphatic hydroxyl groups is 1. The van der Waals surface area contributed by atoms with E-state index in [9.17, 15) is 14.7 Å². The normalized spacial score (nSPS) is 21.1. The number of benzene rings is 1. The van der Waals surface area contributed by atoms with Gasteiger partial charge in [-0.15, -0.1) is 0 Å². The molecule has 0 spiro atoms. The lowest BCUT2D eigenvalue weighted by Gasteiger charge is -2.13. The first-order valence-corrected chi connectivity index (χ1v) is 5.33. The van der Waals surface area contributed by atoms with Gasteiger partial charge in [0.25, 0.3) is 0 Å². The van der Waals surface area contributed by atoms with E-state index < -0.39 is 18.2 Å². The molecule has 5 heteroatoms. The van der Waals surface area contributed by atoms with Gasteiger partial charge in [0.15, 0.2) is 0 Å². The molecular weight excluding hydrogens is 224 g/mol. The highest BCUT2D eigenvalue weighted by Crippen LogP contribution is 2.11. The first kappa shape index (κ1) is 11.6. The summed E-state index contributed by atoms with van der Waals surface area (Å²) in [7, 11) is 0. The van der Waals surface area contributed by atoms with Crippen LogP contribution < -0.4 is 0 Å². The quantitative estimate of drug-likeness (QED) is 0.683. The molecular formula is C12H12O5. The summed E-state index contributed by atoms with van der Waals surface area (Å²) in [5, 5.41) is 9.41. The molecule has 0 saturated carbocycles. The molecule has 0 aliphatic carbocycles. The van der Waals surface area contributed by atoms with E-state index in [1.54, 1.807) is 0 Å². The first-order chi connectivity index (χ1) is 8.16. The van der Waals surface area contributed by atoms with E-state index in [1.165, 1.54) is 24.3 Å². The van der Waals surface area contributed by atoms with E-state index in [2.05, 4.69) is 0 Å². The topological polar surface area (TPSA) is 72.8 Å². The van der Waals surface area contributed by atoms with Gasteiger partial charge in [-0.3, -0.25) is 0 Å². The molecule has 2 aliphatic heterocycles. The lowest BCUT2D eigenvalue weighted by atomic mass is 10.1. The maximum atomic E-state index is 11.5. The van der Waals surface area contributed by atoms with Gasteiger partial charge in [-0.1, -0.05) is 0 Å². The molecule has 2 bridgehead atoms. The minimum absolute atomic E-state index is 0.190. The van der Waals surface area contributed by atoms with Gasteiger partial charge in [0.2, 0.25) is 6.29 Å². The molecule has 2 heterocycles. The number of carbonyl (C=O) groups excluding carboxylic acids is 2. The molecule has 90 valence electrons. The smallest absolute Gasteiger partial charge is 0.340 e. The predicted molar refractivity (Wildman–Crippen MR) is 57.4 cm³/mol. The van der Waals surface area contributed by atoms with E-state index in [0.29, 0.717) is 17.5 Å². The van der Waals surface area contributed by atoms with Crippen LogP contribution in [-0.4, -0.2) is 29.9 Å². The van der Waals surface area contributed by atoms with Gasteiger partial charge in [-0.05, 0) is 30.7 Å². The Labute approximate surface area is 98.0 Å². The Morgan fingerprint density at radius 2 is 1.65 bits per heavy atom. The van der Waals surface area contributed by atoms with E-state index in [4.69, 9.17) is 9.47 Å². The van der Waals surface area contributed by atoms with Crippen molar-refractivity contribution < 1.29 is 24.2 Å². The zero-order chi connectivity index (χ0) is 12.3. The molecule has 1 aromatic carbocycles.